The topological polar surface area (TPSA) is 71.7 Å². The molecule has 1 saturated heterocycles. The molecule has 1 aliphatic heterocycles. The number of aliphatic hydroxyl groups excluding tert-OH is 1. The second-order valence-electron chi connectivity index (χ2n) is 4.94. The summed E-state index contributed by atoms with van der Waals surface area (Å²) in [5.74, 6) is 0.323. The van der Waals surface area contributed by atoms with Gasteiger partial charge in [-0.2, -0.15) is 0 Å². The van der Waals surface area contributed by atoms with E-state index in [1.165, 1.54) is 0 Å². The second-order valence-corrected chi connectivity index (χ2v) is 4.94. The lowest BCUT2D eigenvalue weighted by Gasteiger charge is -2.25. The number of furan rings is 1. The molecule has 0 radical (unpaired) electrons. The number of carbonyl (C=O) groups is 1. The zero-order valence-electron chi connectivity index (χ0n) is 11.3. The molecule has 2 unspecified atom stereocenters. The predicted octanol–water partition coefficient (Wildman–Crippen LogP) is 2.14. The molecular formula is C15H17NO4. The normalized spacial score (nSPS) is 22.8. The van der Waals surface area contributed by atoms with Crippen LogP contribution in [0.1, 0.15) is 31.2 Å². The van der Waals surface area contributed by atoms with Crippen molar-refractivity contribution in [3.63, 3.8) is 0 Å². The number of rotatable bonds is 3. The van der Waals surface area contributed by atoms with Gasteiger partial charge in [0, 0.05) is 10.9 Å². The summed E-state index contributed by atoms with van der Waals surface area (Å²) in [6.45, 7) is 2.52. The fourth-order valence-corrected chi connectivity index (χ4v) is 2.64. The van der Waals surface area contributed by atoms with Crippen LogP contribution in [-0.2, 0) is 4.79 Å². The third-order valence-electron chi connectivity index (χ3n) is 3.62. The smallest absolute Gasteiger partial charge is 0.229 e. The van der Waals surface area contributed by atoms with Gasteiger partial charge < -0.3 is 19.6 Å². The first-order valence-corrected chi connectivity index (χ1v) is 6.81. The van der Waals surface area contributed by atoms with Crippen LogP contribution in [0.3, 0.4) is 0 Å². The van der Waals surface area contributed by atoms with Gasteiger partial charge in [0.25, 0.3) is 0 Å². The zero-order chi connectivity index (χ0) is 14.1. The number of nitrogens with one attached hydrogen (secondary N) is 1. The Balaban J connectivity index is 1.98. The Morgan fingerprint density at radius 1 is 1.45 bits per heavy atom. The molecule has 20 heavy (non-hydrogen) atoms. The van der Waals surface area contributed by atoms with Crippen LogP contribution in [0, 0.1) is 0 Å². The molecule has 2 aromatic rings. The molecule has 0 bridgehead atoms. The molecule has 2 atom stereocenters. The van der Waals surface area contributed by atoms with Gasteiger partial charge in [0.05, 0.1) is 18.8 Å². The Kier molecular flexibility index (Phi) is 3.36. The number of benzene rings is 1. The van der Waals surface area contributed by atoms with Crippen LogP contribution in [0.5, 0.6) is 5.75 Å². The summed E-state index contributed by atoms with van der Waals surface area (Å²) >= 11 is 0. The highest BCUT2D eigenvalue weighted by Gasteiger charge is 2.30. The van der Waals surface area contributed by atoms with E-state index in [0.29, 0.717) is 19.4 Å². The van der Waals surface area contributed by atoms with Crippen LogP contribution >= 0.6 is 0 Å². The summed E-state index contributed by atoms with van der Waals surface area (Å²) in [5.41, 5.74) is 1.59. The molecule has 1 aliphatic rings. The van der Waals surface area contributed by atoms with Crippen molar-refractivity contribution in [1.82, 2.24) is 5.32 Å². The second kappa shape index (κ2) is 5.17. The maximum absolute atomic E-state index is 12.0. The quantitative estimate of drug-likeness (QED) is 0.900. The van der Waals surface area contributed by atoms with Crippen LogP contribution in [0.25, 0.3) is 11.0 Å². The van der Waals surface area contributed by atoms with Crippen molar-refractivity contribution >= 4 is 16.9 Å². The van der Waals surface area contributed by atoms with Gasteiger partial charge in [-0.05, 0) is 38.0 Å². The number of piperidine rings is 1. The van der Waals surface area contributed by atoms with Gasteiger partial charge in [-0.3, -0.25) is 4.79 Å². The Hall–Kier alpha value is -2.01. The minimum Gasteiger partial charge on any atom is -0.494 e. The maximum atomic E-state index is 12.0. The highest BCUT2D eigenvalue weighted by Crippen LogP contribution is 2.34. The van der Waals surface area contributed by atoms with Crippen molar-refractivity contribution in [2.45, 2.75) is 31.9 Å². The SMILES string of the molecule is CCOc1ccc2occ(C3CCC(O)NC3=O)c2c1. The summed E-state index contributed by atoms with van der Waals surface area (Å²) < 4.78 is 11.0. The number of aliphatic hydroxyl groups is 1. The van der Waals surface area contributed by atoms with Gasteiger partial charge in [-0.15, -0.1) is 0 Å². The first-order valence-electron chi connectivity index (χ1n) is 6.81. The largest absolute Gasteiger partial charge is 0.494 e. The fraction of sp³-hybridized carbons (Fsp3) is 0.400. The Morgan fingerprint density at radius 3 is 3.05 bits per heavy atom. The molecule has 0 spiro atoms. The predicted molar refractivity (Wildman–Crippen MR) is 73.5 cm³/mol. The Bertz CT molecular complexity index is 634. The first-order chi connectivity index (χ1) is 9.69. The average Bonchev–Trinajstić information content (AvgIpc) is 2.82. The van der Waals surface area contributed by atoms with Crippen molar-refractivity contribution in [3.05, 3.63) is 30.0 Å². The molecule has 1 fully saturated rings. The zero-order valence-corrected chi connectivity index (χ0v) is 11.3. The molecule has 0 saturated carbocycles. The van der Waals surface area contributed by atoms with Crippen LogP contribution in [-0.4, -0.2) is 23.8 Å². The summed E-state index contributed by atoms with van der Waals surface area (Å²) in [6, 6.07) is 5.60. The molecule has 3 rings (SSSR count). The molecule has 5 nitrogen and oxygen atoms in total. The molecule has 1 amide bonds. The van der Waals surface area contributed by atoms with Crippen molar-refractivity contribution in [3.8, 4) is 5.75 Å². The van der Waals surface area contributed by atoms with Crippen LogP contribution < -0.4 is 10.1 Å². The van der Waals surface area contributed by atoms with E-state index in [9.17, 15) is 9.90 Å². The number of ether oxygens (including phenoxy) is 1. The van der Waals surface area contributed by atoms with Crippen molar-refractivity contribution < 1.29 is 19.1 Å². The third-order valence-corrected chi connectivity index (χ3v) is 3.62. The first kappa shape index (κ1) is 13.0. The van der Waals surface area contributed by atoms with Crippen LogP contribution in [0.2, 0.25) is 0 Å². The number of hydrogen-bond acceptors (Lipinski definition) is 4. The molecule has 2 heterocycles. The van der Waals surface area contributed by atoms with Crippen molar-refractivity contribution in [1.29, 1.82) is 0 Å². The lowest BCUT2D eigenvalue weighted by Crippen LogP contribution is -2.42. The fourth-order valence-electron chi connectivity index (χ4n) is 2.64. The molecule has 2 N–H and O–H groups in total. The Morgan fingerprint density at radius 2 is 2.30 bits per heavy atom. The van der Waals surface area contributed by atoms with E-state index < -0.39 is 6.23 Å². The summed E-state index contributed by atoms with van der Waals surface area (Å²) in [7, 11) is 0. The summed E-state index contributed by atoms with van der Waals surface area (Å²) in [5, 5.41) is 12.9. The highest BCUT2D eigenvalue weighted by atomic mass is 16.5. The van der Waals surface area contributed by atoms with E-state index >= 15 is 0 Å². The van der Waals surface area contributed by atoms with E-state index in [-0.39, 0.29) is 11.8 Å². The number of carbonyl (C=O) groups excluding carboxylic acids is 1. The monoisotopic (exact) mass is 275 g/mol. The number of amides is 1. The lowest BCUT2D eigenvalue weighted by atomic mass is 9.90. The molecule has 1 aromatic carbocycles. The number of fused-ring (bicyclic) bond motifs is 1. The van der Waals surface area contributed by atoms with E-state index in [2.05, 4.69) is 5.32 Å². The molecule has 5 heteroatoms. The minimum atomic E-state index is -0.740. The highest BCUT2D eigenvalue weighted by molar-refractivity contribution is 5.92. The third kappa shape index (κ3) is 2.25. The summed E-state index contributed by atoms with van der Waals surface area (Å²) in [6.07, 6.45) is 2.05. The van der Waals surface area contributed by atoms with Crippen LogP contribution in [0.15, 0.2) is 28.9 Å². The van der Waals surface area contributed by atoms with Gasteiger partial charge in [0.15, 0.2) is 0 Å². The molecule has 106 valence electrons. The van der Waals surface area contributed by atoms with Crippen molar-refractivity contribution in [2.75, 3.05) is 6.61 Å². The van der Waals surface area contributed by atoms with Crippen molar-refractivity contribution in [2.24, 2.45) is 0 Å². The Labute approximate surface area is 116 Å². The maximum Gasteiger partial charge on any atom is 0.229 e. The van der Waals surface area contributed by atoms with E-state index in [1.54, 1.807) is 6.26 Å². The number of hydrogen-bond donors (Lipinski definition) is 2. The molecule has 1 aromatic heterocycles. The standard InChI is InChI=1S/C15H17NO4/c1-2-19-9-3-5-13-11(7-9)12(8-20-13)10-4-6-14(17)16-15(10)18/h3,5,7-8,10,14,17H,2,4,6H2,1H3,(H,16,18). The summed E-state index contributed by atoms with van der Waals surface area (Å²) in [4.78, 5) is 12.0. The van der Waals surface area contributed by atoms with E-state index in [1.807, 2.05) is 25.1 Å². The lowest BCUT2D eigenvalue weighted by molar-refractivity contribution is -0.128. The van der Waals surface area contributed by atoms with E-state index in [0.717, 1.165) is 22.3 Å². The van der Waals surface area contributed by atoms with Gasteiger partial charge in [0.1, 0.15) is 17.6 Å². The average molecular weight is 275 g/mol. The van der Waals surface area contributed by atoms with Gasteiger partial charge in [-0.25, -0.2) is 0 Å². The van der Waals surface area contributed by atoms with Gasteiger partial charge >= 0.3 is 0 Å². The van der Waals surface area contributed by atoms with E-state index in [4.69, 9.17) is 9.15 Å². The van der Waals surface area contributed by atoms with Gasteiger partial charge in [0.2, 0.25) is 5.91 Å². The van der Waals surface area contributed by atoms with Crippen LogP contribution in [0.4, 0.5) is 0 Å². The van der Waals surface area contributed by atoms with Gasteiger partial charge in [-0.1, -0.05) is 0 Å². The minimum absolute atomic E-state index is 0.159. The molecule has 0 aliphatic carbocycles. The molecular weight excluding hydrogens is 258 g/mol.